The van der Waals surface area contributed by atoms with Gasteiger partial charge in [0.2, 0.25) is 0 Å². The number of imidazole rings is 1. The minimum atomic E-state index is -0.790. The molecule has 3 aromatic rings. The minimum absolute atomic E-state index is 0.173. The third-order valence-electron chi connectivity index (χ3n) is 4.27. The molecule has 0 spiro atoms. The van der Waals surface area contributed by atoms with Crippen LogP contribution >= 0.6 is 0 Å². The molecule has 4 rings (SSSR count). The van der Waals surface area contributed by atoms with Crippen LogP contribution in [0.15, 0.2) is 43.0 Å². The van der Waals surface area contributed by atoms with Crippen LogP contribution in [0.5, 0.6) is 0 Å². The molecule has 0 bridgehead atoms. The number of amides is 1. The number of nitrogens with zero attached hydrogens (tertiary/aromatic N) is 4. The summed E-state index contributed by atoms with van der Waals surface area (Å²) in [7, 11) is 0. The molecule has 3 N–H and O–H groups in total. The Bertz CT molecular complexity index is 929. The highest BCUT2D eigenvalue weighted by Gasteiger charge is 2.36. The van der Waals surface area contributed by atoms with Crippen molar-refractivity contribution < 1.29 is 19.7 Å². The fourth-order valence-electron chi connectivity index (χ4n) is 3.00. The van der Waals surface area contributed by atoms with E-state index < -0.39 is 18.4 Å². The highest BCUT2D eigenvalue weighted by molar-refractivity contribution is 6.06. The molecule has 1 fully saturated rings. The van der Waals surface area contributed by atoms with E-state index >= 15 is 0 Å². The average Bonchev–Trinajstić information content (AvgIpc) is 3.26. The summed E-state index contributed by atoms with van der Waals surface area (Å²) in [4.78, 5) is 24.9. The van der Waals surface area contributed by atoms with E-state index in [2.05, 4.69) is 20.3 Å². The molecular weight excluding hydrogens is 338 g/mol. The fraction of sp³-hybridized carbons (Fsp3) is 0.294. The normalized spacial score (nSPS) is 22.6. The highest BCUT2D eigenvalue weighted by Crippen LogP contribution is 2.31. The Balaban J connectivity index is 1.64. The lowest BCUT2D eigenvalue weighted by atomic mass is 10.2. The predicted octanol–water partition coefficient (Wildman–Crippen LogP) is 0.719. The molecule has 3 heterocycles. The molecule has 1 saturated heterocycles. The number of benzene rings is 1. The van der Waals surface area contributed by atoms with Crippen LogP contribution < -0.4 is 5.32 Å². The number of hydrogen-bond donors (Lipinski definition) is 3. The summed E-state index contributed by atoms with van der Waals surface area (Å²) in [6.07, 6.45) is 1.18. The molecule has 1 aliphatic rings. The van der Waals surface area contributed by atoms with E-state index in [1.54, 1.807) is 28.8 Å². The molecule has 1 aliphatic heterocycles. The van der Waals surface area contributed by atoms with Crippen LogP contribution in [0.25, 0.3) is 11.2 Å². The van der Waals surface area contributed by atoms with Gasteiger partial charge in [0, 0.05) is 12.0 Å². The van der Waals surface area contributed by atoms with Crippen LogP contribution in [0.1, 0.15) is 23.0 Å². The van der Waals surface area contributed by atoms with Gasteiger partial charge in [0.05, 0.1) is 19.0 Å². The number of hydrogen-bond acceptors (Lipinski definition) is 7. The van der Waals surface area contributed by atoms with Crippen LogP contribution in [0.2, 0.25) is 0 Å². The van der Waals surface area contributed by atoms with Crippen molar-refractivity contribution in [3.05, 3.63) is 48.5 Å². The Kier molecular flexibility index (Phi) is 4.33. The van der Waals surface area contributed by atoms with E-state index in [0.717, 1.165) is 0 Å². The SMILES string of the molecule is O=C(Nc1ncnc2c1ncn2C1OC(CO)CC1O)c1ccccc1. The van der Waals surface area contributed by atoms with Gasteiger partial charge in [-0.3, -0.25) is 9.36 Å². The zero-order chi connectivity index (χ0) is 18.1. The highest BCUT2D eigenvalue weighted by atomic mass is 16.5. The van der Waals surface area contributed by atoms with Crippen molar-refractivity contribution in [2.75, 3.05) is 11.9 Å². The quantitative estimate of drug-likeness (QED) is 0.630. The van der Waals surface area contributed by atoms with Gasteiger partial charge < -0.3 is 20.3 Å². The molecule has 0 radical (unpaired) electrons. The number of nitrogens with one attached hydrogen (secondary N) is 1. The minimum Gasteiger partial charge on any atom is -0.394 e. The van der Waals surface area contributed by atoms with E-state index in [1.807, 2.05) is 6.07 Å². The largest absolute Gasteiger partial charge is 0.394 e. The van der Waals surface area contributed by atoms with Crippen molar-refractivity contribution in [3.63, 3.8) is 0 Å². The van der Waals surface area contributed by atoms with E-state index in [4.69, 9.17) is 4.74 Å². The second-order valence-electron chi connectivity index (χ2n) is 6.00. The van der Waals surface area contributed by atoms with Gasteiger partial charge in [-0.2, -0.15) is 0 Å². The van der Waals surface area contributed by atoms with Gasteiger partial charge in [-0.15, -0.1) is 0 Å². The first kappa shape index (κ1) is 16.6. The maximum Gasteiger partial charge on any atom is 0.256 e. The maximum atomic E-state index is 12.4. The number of anilines is 1. The van der Waals surface area contributed by atoms with Crippen molar-refractivity contribution in [1.82, 2.24) is 19.5 Å². The lowest BCUT2D eigenvalue weighted by Crippen LogP contribution is -2.19. The molecule has 9 heteroatoms. The molecule has 1 aromatic carbocycles. The third kappa shape index (κ3) is 2.92. The van der Waals surface area contributed by atoms with Gasteiger partial charge >= 0.3 is 0 Å². The van der Waals surface area contributed by atoms with Gasteiger partial charge in [-0.05, 0) is 12.1 Å². The smallest absolute Gasteiger partial charge is 0.256 e. The summed E-state index contributed by atoms with van der Waals surface area (Å²) in [6, 6.07) is 8.77. The lowest BCUT2D eigenvalue weighted by Gasteiger charge is -2.16. The Morgan fingerprint density at radius 1 is 1.27 bits per heavy atom. The second-order valence-corrected chi connectivity index (χ2v) is 6.00. The van der Waals surface area contributed by atoms with Crippen LogP contribution in [-0.2, 0) is 4.74 Å². The third-order valence-corrected chi connectivity index (χ3v) is 4.27. The van der Waals surface area contributed by atoms with Crippen LogP contribution in [0.3, 0.4) is 0 Å². The predicted molar refractivity (Wildman–Crippen MR) is 91.3 cm³/mol. The van der Waals surface area contributed by atoms with Crippen molar-refractivity contribution in [3.8, 4) is 0 Å². The first-order valence-corrected chi connectivity index (χ1v) is 8.15. The van der Waals surface area contributed by atoms with Gasteiger partial charge in [0.1, 0.15) is 12.4 Å². The average molecular weight is 355 g/mol. The van der Waals surface area contributed by atoms with E-state index in [0.29, 0.717) is 23.1 Å². The topological polar surface area (TPSA) is 122 Å². The number of carbonyl (C=O) groups excluding carboxylic acids is 1. The molecule has 0 saturated carbocycles. The summed E-state index contributed by atoms with van der Waals surface area (Å²) in [5, 5.41) is 22.1. The Morgan fingerprint density at radius 2 is 2.08 bits per heavy atom. The number of aromatic nitrogens is 4. The molecule has 2 aromatic heterocycles. The number of aliphatic hydroxyl groups is 2. The molecule has 3 unspecified atom stereocenters. The standard InChI is InChI=1S/C17H17N5O4/c23-7-11-6-12(24)17(26-11)22-9-20-13-14(18-8-19-15(13)22)21-16(25)10-4-2-1-3-5-10/h1-5,8-9,11-12,17,23-24H,6-7H2,(H,18,19,21,25). The van der Waals surface area contributed by atoms with Crippen molar-refractivity contribution >= 4 is 22.9 Å². The van der Waals surface area contributed by atoms with Crippen LogP contribution in [0.4, 0.5) is 5.82 Å². The van der Waals surface area contributed by atoms with Crippen molar-refractivity contribution in [1.29, 1.82) is 0 Å². The summed E-state index contributed by atoms with van der Waals surface area (Å²) in [5.74, 6) is -0.0357. The summed E-state index contributed by atoms with van der Waals surface area (Å²) in [5.41, 5.74) is 1.31. The molecule has 0 aliphatic carbocycles. The summed E-state index contributed by atoms with van der Waals surface area (Å²) in [6.45, 7) is -0.173. The number of fused-ring (bicyclic) bond motifs is 1. The van der Waals surface area contributed by atoms with Crippen molar-refractivity contribution in [2.24, 2.45) is 0 Å². The van der Waals surface area contributed by atoms with E-state index in [-0.39, 0.29) is 18.3 Å². The summed E-state index contributed by atoms with van der Waals surface area (Å²) < 4.78 is 7.22. The first-order chi connectivity index (χ1) is 12.7. The maximum absolute atomic E-state index is 12.4. The van der Waals surface area contributed by atoms with Crippen molar-refractivity contribution in [2.45, 2.75) is 24.9 Å². The molecule has 1 amide bonds. The molecule has 3 atom stereocenters. The van der Waals surface area contributed by atoms with Gasteiger partial charge in [0.15, 0.2) is 23.2 Å². The van der Waals surface area contributed by atoms with Gasteiger partial charge in [-0.25, -0.2) is 15.0 Å². The van der Waals surface area contributed by atoms with Gasteiger partial charge in [0.25, 0.3) is 5.91 Å². The van der Waals surface area contributed by atoms with Gasteiger partial charge in [-0.1, -0.05) is 18.2 Å². The second kappa shape index (κ2) is 6.79. The van der Waals surface area contributed by atoms with E-state index in [9.17, 15) is 15.0 Å². The Morgan fingerprint density at radius 3 is 2.81 bits per heavy atom. The lowest BCUT2D eigenvalue weighted by molar-refractivity contribution is -0.0486. The number of rotatable bonds is 4. The zero-order valence-corrected chi connectivity index (χ0v) is 13.7. The number of aliphatic hydroxyl groups excluding tert-OH is 2. The molecule has 9 nitrogen and oxygen atoms in total. The van der Waals surface area contributed by atoms with Crippen LogP contribution in [-0.4, -0.2) is 54.5 Å². The monoisotopic (exact) mass is 355 g/mol. The summed E-state index contributed by atoms with van der Waals surface area (Å²) >= 11 is 0. The first-order valence-electron chi connectivity index (χ1n) is 8.15. The van der Waals surface area contributed by atoms with Crippen LogP contribution in [0, 0.1) is 0 Å². The number of carbonyl (C=O) groups is 1. The molecule has 26 heavy (non-hydrogen) atoms. The number of ether oxygens (including phenoxy) is 1. The fourth-order valence-corrected chi connectivity index (χ4v) is 3.00. The molecule has 134 valence electrons. The van der Waals surface area contributed by atoms with E-state index in [1.165, 1.54) is 12.7 Å². The Hall–Kier alpha value is -2.88. The Labute approximate surface area is 148 Å². The molecular formula is C17H17N5O4. The zero-order valence-electron chi connectivity index (χ0n) is 13.7.